The highest BCUT2D eigenvalue weighted by Gasteiger charge is 2.37. The minimum atomic E-state index is 0.261. The van der Waals surface area contributed by atoms with E-state index in [2.05, 4.69) is 36.6 Å². The second kappa shape index (κ2) is 6.32. The molecule has 2 saturated heterocycles. The molecule has 116 valence electrons. The molecule has 0 aromatic carbocycles. The lowest BCUT2D eigenvalue weighted by Gasteiger charge is -2.37. The van der Waals surface area contributed by atoms with E-state index in [1.807, 2.05) is 0 Å². The van der Waals surface area contributed by atoms with Crippen molar-refractivity contribution in [3.05, 3.63) is 41.1 Å². The maximum Gasteiger partial charge on any atom is 0.156 e. The molecule has 2 fully saturated rings. The van der Waals surface area contributed by atoms with E-state index < -0.39 is 0 Å². The lowest BCUT2D eigenvalue weighted by atomic mass is 10.1. The largest absolute Gasteiger partial charge is 0.486 e. The molecule has 2 aromatic heterocycles. The number of aromatic nitrogens is 2. The first-order valence-corrected chi connectivity index (χ1v) is 8.70. The van der Waals surface area contributed by atoms with Gasteiger partial charge in [0, 0.05) is 45.2 Å². The van der Waals surface area contributed by atoms with Crippen LogP contribution in [0.2, 0.25) is 0 Å². The molecule has 2 atom stereocenters. The van der Waals surface area contributed by atoms with Crippen molar-refractivity contribution in [1.82, 2.24) is 19.8 Å². The summed E-state index contributed by atoms with van der Waals surface area (Å²) < 4.78 is 6.02. The smallest absolute Gasteiger partial charge is 0.156 e. The van der Waals surface area contributed by atoms with Crippen molar-refractivity contribution >= 4 is 11.3 Å². The second-order valence-corrected chi connectivity index (χ2v) is 6.85. The topological polar surface area (TPSA) is 41.5 Å². The van der Waals surface area contributed by atoms with Gasteiger partial charge in [-0.05, 0) is 22.4 Å². The van der Waals surface area contributed by atoms with E-state index in [-0.39, 0.29) is 6.10 Å². The van der Waals surface area contributed by atoms with Gasteiger partial charge in [-0.15, -0.1) is 0 Å². The van der Waals surface area contributed by atoms with Crippen LogP contribution in [0.1, 0.15) is 12.0 Å². The van der Waals surface area contributed by atoms with Crippen LogP contribution in [0.3, 0.4) is 0 Å². The zero-order valence-corrected chi connectivity index (χ0v) is 13.3. The van der Waals surface area contributed by atoms with Crippen LogP contribution in [0.4, 0.5) is 0 Å². The monoisotopic (exact) mass is 316 g/mol. The summed E-state index contributed by atoms with van der Waals surface area (Å²) in [4.78, 5) is 13.2. The summed E-state index contributed by atoms with van der Waals surface area (Å²) in [7, 11) is 0. The molecule has 0 unspecified atom stereocenters. The van der Waals surface area contributed by atoms with Crippen molar-refractivity contribution in [2.24, 2.45) is 0 Å². The van der Waals surface area contributed by atoms with Gasteiger partial charge in [0.2, 0.25) is 0 Å². The Labute approximate surface area is 134 Å². The van der Waals surface area contributed by atoms with E-state index in [0.717, 1.165) is 44.9 Å². The molecular formula is C16H20N4OS. The fourth-order valence-corrected chi connectivity index (χ4v) is 4.13. The number of nitrogens with zero attached hydrogens (tertiary/aromatic N) is 4. The Morgan fingerprint density at radius 3 is 2.95 bits per heavy atom. The first-order chi connectivity index (χ1) is 10.9. The van der Waals surface area contributed by atoms with E-state index in [1.54, 1.807) is 23.7 Å². The van der Waals surface area contributed by atoms with Crippen molar-refractivity contribution in [2.75, 3.05) is 26.2 Å². The summed E-state index contributed by atoms with van der Waals surface area (Å²) in [6, 6.07) is 2.84. The average molecular weight is 316 g/mol. The number of thiophene rings is 1. The molecule has 0 spiro atoms. The summed E-state index contributed by atoms with van der Waals surface area (Å²) >= 11 is 1.78. The molecule has 0 N–H and O–H groups in total. The van der Waals surface area contributed by atoms with Crippen molar-refractivity contribution < 1.29 is 4.74 Å². The van der Waals surface area contributed by atoms with Crippen LogP contribution in [0.5, 0.6) is 5.75 Å². The van der Waals surface area contributed by atoms with Crippen molar-refractivity contribution in [2.45, 2.75) is 25.1 Å². The zero-order chi connectivity index (χ0) is 14.8. The van der Waals surface area contributed by atoms with Gasteiger partial charge in [0.25, 0.3) is 0 Å². The fraction of sp³-hybridized carbons (Fsp3) is 0.500. The van der Waals surface area contributed by atoms with Crippen LogP contribution in [0.25, 0.3) is 0 Å². The second-order valence-electron chi connectivity index (χ2n) is 6.07. The maximum atomic E-state index is 6.02. The number of hydrogen-bond acceptors (Lipinski definition) is 6. The predicted octanol–water partition coefficient (Wildman–Crippen LogP) is 1.88. The van der Waals surface area contributed by atoms with Gasteiger partial charge in [-0.2, -0.15) is 11.3 Å². The van der Waals surface area contributed by atoms with Crippen LogP contribution in [0.15, 0.2) is 35.5 Å². The maximum absolute atomic E-state index is 6.02. The Hall–Kier alpha value is -1.50. The Bertz CT molecular complexity index is 591. The van der Waals surface area contributed by atoms with E-state index in [0.29, 0.717) is 6.04 Å². The highest BCUT2D eigenvalue weighted by molar-refractivity contribution is 7.07. The molecule has 2 aliphatic rings. The van der Waals surface area contributed by atoms with E-state index in [9.17, 15) is 0 Å². The number of rotatable bonds is 4. The Balaban J connectivity index is 1.33. The Morgan fingerprint density at radius 1 is 1.23 bits per heavy atom. The summed E-state index contributed by atoms with van der Waals surface area (Å²) in [5, 5.41) is 4.41. The lowest BCUT2D eigenvalue weighted by Crippen LogP contribution is -2.49. The molecule has 4 heterocycles. The molecule has 0 bridgehead atoms. The fourth-order valence-electron chi connectivity index (χ4n) is 3.47. The minimum absolute atomic E-state index is 0.261. The van der Waals surface area contributed by atoms with Crippen LogP contribution in [-0.4, -0.2) is 58.1 Å². The van der Waals surface area contributed by atoms with Gasteiger partial charge in [0.05, 0.1) is 12.4 Å². The molecule has 4 rings (SSSR count). The SMILES string of the molecule is c1ncc(O[C@H]2C[C@@H]3CN(Cc4ccsc4)CCN3C2)cn1. The van der Waals surface area contributed by atoms with Crippen molar-refractivity contribution in [3.8, 4) is 5.75 Å². The molecule has 0 aliphatic carbocycles. The zero-order valence-electron chi connectivity index (χ0n) is 12.5. The summed E-state index contributed by atoms with van der Waals surface area (Å²) in [5.41, 5.74) is 1.44. The minimum Gasteiger partial charge on any atom is -0.486 e. The average Bonchev–Trinajstić information content (AvgIpc) is 3.17. The Morgan fingerprint density at radius 2 is 2.14 bits per heavy atom. The summed E-state index contributed by atoms with van der Waals surface area (Å²) in [5.74, 6) is 0.780. The molecule has 2 aromatic rings. The van der Waals surface area contributed by atoms with Gasteiger partial charge < -0.3 is 4.74 Å². The molecule has 22 heavy (non-hydrogen) atoms. The first-order valence-electron chi connectivity index (χ1n) is 7.76. The summed E-state index contributed by atoms with van der Waals surface area (Å²) in [6.07, 6.45) is 6.37. The standard InChI is InChI=1S/C16H20N4OS/c1-4-22-11-13(1)8-19-2-3-20-10-15(5-14(20)9-19)21-16-6-17-12-18-7-16/h1,4,6-7,11-12,14-15H,2-3,5,8-10H2/t14-,15+/m1/s1. The van der Waals surface area contributed by atoms with Gasteiger partial charge in [-0.25, -0.2) is 9.97 Å². The van der Waals surface area contributed by atoms with Crippen LogP contribution in [-0.2, 0) is 6.54 Å². The van der Waals surface area contributed by atoms with Crippen LogP contribution in [0, 0.1) is 0 Å². The molecule has 2 aliphatic heterocycles. The predicted molar refractivity (Wildman–Crippen MR) is 86.0 cm³/mol. The van der Waals surface area contributed by atoms with Crippen molar-refractivity contribution in [1.29, 1.82) is 0 Å². The molecule has 6 heteroatoms. The number of piperazine rings is 1. The highest BCUT2D eigenvalue weighted by Crippen LogP contribution is 2.26. The van der Waals surface area contributed by atoms with Gasteiger partial charge in [-0.3, -0.25) is 9.80 Å². The van der Waals surface area contributed by atoms with Gasteiger partial charge in [0.15, 0.2) is 5.75 Å². The third kappa shape index (κ3) is 3.14. The van der Waals surface area contributed by atoms with Gasteiger partial charge in [-0.1, -0.05) is 0 Å². The summed E-state index contributed by atoms with van der Waals surface area (Å²) in [6.45, 7) is 5.52. The van der Waals surface area contributed by atoms with Crippen LogP contribution < -0.4 is 4.74 Å². The van der Waals surface area contributed by atoms with Crippen LogP contribution >= 0.6 is 11.3 Å². The molecule has 0 radical (unpaired) electrons. The molecular weight excluding hydrogens is 296 g/mol. The molecule has 0 amide bonds. The van der Waals surface area contributed by atoms with E-state index in [1.165, 1.54) is 11.9 Å². The third-order valence-electron chi connectivity index (χ3n) is 4.49. The molecule has 5 nitrogen and oxygen atoms in total. The molecule has 0 saturated carbocycles. The van der Waals surface area contributed by atoms with Gasteiger partial charge in [0.1, 0.15) is 12.4 Å². The quantitative estimate of drug-likeness (QED) is 0.861. The number of hydrogen-bond donors (Lipinski definition) is 0. The van der Waals surface area contributed by atoms with Gasteiger partial charge >= 0.3 is 0 Å². The lowest BCUT2D eigenvalue weighted by molar-refractivity contribution is 0.0979. The highest BCUT2D eigenvalue weighted by atomic mass is 32.1. The Kier molecular flexibility index (Phi) is 4.05. The third-order valence-corrected chi connectivity index (χ3v) is 5.22. The van der Waals surface area contributed by atoms with Crippen molar-refractivity contribution in [3.63, 3.8) is 0 Å². The number of fused-ring (bicyclic) bond motifs is 1. The normalized spacial score (nSPS) is 26.0. The number of ether oxygens (including phenoxy) is 1. The van der Waals surface area contributed by atoms with E-state index >= 15 is 0 Å². The van der Waals surface area contributed by atoms with E-state index in [4.69, 9.17) is 4.74 Å². The first kappa shape index (κ1) is 14.1.